The number of carbonyl (C=O) groups excluding carboxylic acids is 1. The Labute approximate surface area is 176 Å². The molecule has 0 spiro atoms. The number of ether oxygens (including phenoxy) is 1. The molecule has 0 bridgehead atoms. The zero-order valence-electron chi connectivity index (χ0n) is 16.7. The van der Waals surface area contributed by atoms with Gasteiger partial charge in [-0.25, -0.2) is 8.42 Å². The summed E-state index contributed by atoms with van der Waals surface area (Å²) in [6.45, 7) is 2.42. The number of sulfonamides is 1. The van der Waals surface area contributed by atoms with Gasteiger partial charge in [0.1, 0.15) is 5.75 Å². The fraction of sp³-hybridized carbons (Fsp3) is 0.588. The van der Waals surface area contributed by atoms with E-state index in [-0.39, 0.29) is 43.6 Å². The van der Waals surface area contributed by atoms with Gasteiger partial charge in [-0.05, 0) is 25.2 Å². The van der Waals surface area contributed by atoms with Crippen molar-refractivity contribution in [3.63, 3.8) is 0 Å². The van der Waals surface area contributed by atoms with Crippen LogP contribution in [0, 0.1) is 0 Å². The molecular weight excluding hydrogens is 434 g/mol. The lowest BCUT2D eigenvalue weighted by Crippen LogP contribution is -2.57. The zero-order chi connectivity index (χ0) is 21.5. The number of benzene rings is 1. The number of amides is 1. The van der Waals surface area contributed by atoms with Gasteiger partial charge in [-0.1, -0.05) is 0 Å². The van der Waals surface area contributed by atoms with Crippen molar-refractivity contribution in [1.29, 1.82) is 0 Å². The SMILES string of the molecule is CN1CCN(S(=O)(=O)N2CCN(S(=O)(=O)c3ccc4c(c3)NC(=O)CO4)CC2)CC1. The number of hydrogen-bond donors (Lipinski definition) is 1. The standard InChI is InChI=1S/C17H25N5O6S2/c1-19-4-6-21(7-5-19)30(26,27)22-10-8-20(9-11-22)29(24,25)14-2-3-16-15(12-14)18-17(23)13-28-16/h2-3,12H,4-11,13H2,1H3,(H,18,23). The van der Waals surface area contributed by atoms with E-state index in [4.69, 9.17) is 4.74 Å². The Kier molecular flexibility index (Phi) is 5.76. The van der Waals surface area contributed by atoms with E-state index in [1.54, 1.807) is 0 Å². The maximum absolute atomic E-state index is 13.0. The molecule has 30 heavy (non-hydrogen) atoms. The van der Waals surface area contributed by atoms with Gasteiger partial charge in [0.25, 0.3) is 16.1 Å². The minimum Gasteiger partial charge on any atom is -0.482 e. The van der Waals surface area contributed by atoms with Gasteiger partial charge < -0.3 is 15.0 Å². The number of nitrogens with one attached hydrogen (secondary N) is 1. The summed E-state index contributed by atoms with van der Waals surface area (Å²) in [7, 11) is -5.48. The molecule has 3 aliphatic heterocycles. The highest BCUT2D eigenvalue weighted by atomic mass is 32.2. The Morgan fingerprint density at radius 1 is 0.867 bits per heavy atom. The lowest BCUT2D eigenvalue weighted by molar-refractivity contribution is -0.118. The first kappa shape index (κ1) is 21.5. The molecule has 3 heterocycles. The van der Waals surface area contributed by atoms with Gasteiger partial charge in [-0.3, -0.25) is 4.79 Å². The molecule has 0 unspecified atom stereocenters. The summed E-state index contributed by atoms with van der Waals surface area (Å²) in [5.74, 6) is 0.0661. The maximum Gasteiger partial charge on any atom is 0.282 e. The smallest absolute Gasteiger partial charge is 0.282 e. The third kappa shape index (κ3) is 4.05. The molecule has 3 aliphatic rings. The quantitative estimate of drug-likeness (QED) is 0.602. The maximum atomic E-state index is 13.0. The number of hydrogen-bond acceptors (Lipinski definition) is 7. The number of likely N-dealkylation sites (N-methyl/N-ethyl adjacent to an activating group) is 1. The van der Waals surface area contributed by atoms with E-state index in [1.807, 2.05) is 7.05 Å². The predicted octanol–water partition coefficient (Wildman–Crippen LogP) is -1.18. The summed E-state index contributed by atoms with van der Waals surface area (Å²) in [5.41, 5.74) is 0.309. The monoisotopic (exact) mass is 459 g/mol. The van der Waals surface area contributed by atoms with Crippen LogP contribution in [0.4, 0.5) is 5.69 Å². The van der Waals surface area contributed by atoms with E-state index in [1.165, 1.54) is 31.1 Å². The summed E-state index contributed by atoms with van der Waals surface area (Å²) in [4.78, 5) is 13.6. The van der Waals surface area contributed by atoms with Gasteiger partial charge in [0.15, 0.2) is 6.61 Å². The molecule has 2 fully saturated rings. The molecule has 1 aromatic carbocycles. The van der Waals surface area contributed by atoms with Crippen LogP contribution in [0.15, 0.2) is 23.1 Å². The Morgan fingerprint density at radius 2 is 1.43 bits per heavy atom. The van der Waals surface area contributed by atoms with Crippen molar-refractivity contribution in [1.82, 2.24) is 17.8 Å². The molecule has 13 heteroatoms. The summed E-state index contributed by atoms with van der Waals surface area (Å²) in [5, 5.41) is 2.60. The lowest BCUT2D eigenvalue weighted by atomic mass is 10.2. The molecule has 0 atom stereocenters. The van der Waals surface area contributed by atoms with Crippen molar-refractivity contribution in [2.45, 2.75) is 4.90 Å². The van der Waals surface area contributed by atoms with Gasteiger partial charge in [0.2, 0.25) is 10.0 Å². The van der Waals surface area contributed by atoms with Crippen LogP contribution in [0.5, 0.6) is 5.75 Å². The molecule has 0 aromatic heterocycles. The Balaban J connectivity index is 1.44. The fourth-order valence-corrected chi connectivity index (χ4v) is 6.72. The van der Waals surface area contributed by atoms with Crippen molar-refractivity contribution < 1.29 is 26.4 Å². The molecule has 0 saturated carbocycles. The summed E-state index contributed by atoms with van der Waals surface area (Å²) in [6.07, 6.45) is 0. The lowest BCUT2D eigenvalue weighted by Gasteiger charge is -2.38. The van der Waals surface area contributed by atoms with Crippen LogP contribution in [0.3, 0.4) is 0 Å². The Bertz CT molecular complexity index is 1030. The topological polar surface area (TPSA) is 120 Å². The molecule has 11 nitrogen and oxygen atoms in total. The van der Waals surface area contributed by atoms with Crippen LogP contribution in [-0.4, -0.2) is 107 Å². The number of piperazine rings is 2. The molecule has 1 N–H and O–H groups in total. The van der Waals surface area contributed by atoms with Crippen LogP contribution in [0.2, 0.25) is 0 Å². The third-order valence-corrected chi connectivity index (χ3v) is 9.46. The van der Waals surface area contributed by atoms with E-state index in [0.717, 1.165) is 0 Å². The fourth-order valence-electron chi connectivity index (χ4n) is 3.69. The first-order valence-electron chi connectivity index (χ1n) is 9.68. The predicted molar refractivity (Wildman–Crippen MR) is 109 cm³/mol. The van der Waals surface area contributed by atoms with E-state index >= 15 is 0 Å². The van der Waals surface area contributed by atoms with E-state index in [9.17, 15) is 21.6 Å². The van der Waals surface area contributed by atoms with Gasteiger partial charge in [-0.2, -0.15) is 21.3 Å². The minimum atomic E-state index is -3.83. The van der Waals surface area contributed by atoms with Gasteiger partial charge >= 0.3 is 0 Å². The highest BCUT2D eigenvalue weighted by Crippen LogP contribution is 2.31. The number of carbonyl (C=O) groups is 1. The molecular formula is C17H25N5O6S2. The molecule has 1 amide bonds. The van der Waals surface area contributed by atoms with Crippen LogP contribution >= 0.6 is 0 Å². The van der Waals surface area contributed by atoms with E-state index in [2.05, 4.69) is 10.2 Å². The van der Waals surface area contributed by atoms with Crippen molar-refractivity contribution in [2.75, 3.05) is 71.3 Å². The molecule has 0 radical (unpaired) electrons. The van der Waals surface area contributed by atoms with Crippen LogP contribution in [-0.2, 0) is 25.0 Å². The zero-order valence-corrected chi connectivity index (χ0v) is 18.3. The summed E-state index contributed by atoms with van der Waals surface area (Å²) < 4.78 is 61.2. The Hall–Kier alpha value is -1.77. The van der Waals surface area contributed by atoms with Gasteiger partial charge in [-0.15, -0.1) is 0 Å². The van der Waals surface area contributed by atoms with Crippen LogP contribution in [0.25, 0.3) is 0 Å². The molecule has 0 aliphatic carbocycles. The second-order valence-electron chi connectivity index (χ2n) is 7.51. The highest BCUT2D eigenvalue weighted by Gasteiger charge is 2.37. The van der Waals surface area contributed by atoms with Gasteiger partial charge in [0, 0.05) is 52.4 Å². The Morgan fingerprint density at radius 3 is 2.07 bits per heavy atom. The highest BCUT2D eigenvalue weighted by molar-refractivity contribution is 7.89. The van der Waals surface area contributed by atoms with Crippen molar-refractivity contribution in [3.8, 4) is 5.75 Å². The molecule has 4 rings (SSSR count). The van der Waals surface area contributed by atoms with Crippen molar-refractivity contribution in [3.05, 3.63) is 18.2 Å². The van der Waals surface area contributed by atoms with E-state index < -0.39 is 20.2 Å². The average Bonchev–Trinajstić information content (AvgIpc) is 2.73. The average molecular weight is 460 g/mol. The molecule has 1 aromatic rings. The number of rotatable bonds is 4. The largest absolute Gasteiger partial charge is 0.482 e. The van der Waals surface area contributed by atoms with Crippen molar-refractivity contribution in [2.24, 2.45) is 0 Å². The summed E-state index contributed by atoms with van der Waals surface area (Å²) >= 11 is 0. The number of anilines is 1. The van der Waals surface area contributed by atoms with E-state index in [0.29, 0.717) is 37.6 Å². The first-order chi connectivity index (χ1) is 14.2. The second-order valence-corrected chi connectivity index (χ2v) is 11.4. The first-order valence-corrected chi connectivity index (χ1v) is 12.5. The number of fused-ring (bicyclic) bond motifs is 1. The van der Waals surface area contributed by atoms with Crippen LogP contribution in [0.1, 0.15) is 0 Å². The third-order valence-electron chi connectivity index (χ3n) is 5.53. The number of nitrogens with zero attached hydrogens (tertiary/aromatic N) is 4. The minimum absolute atomic E-state index is 0.0300. The second kappa shape index (κ2) is 8.05. The van der Waals surface area contributed by atoms with Crippen LogP contribution < -0.4 is 10.1 Å². The van der Waals surface area contributed by atoms with Crippen molar-refractivity contribution >= 4 is 31.8 Å². The molecule has 166 valence electrons. The normalized spacial score (nSPS) is 22.9. The molecule has 2 saturated heterocycles. The van der Waals surface area contributed by atoms with Gasteiger partial charge in [0.05, 0.1) is 10.6 Å². The summed E-state index contributed by atoms with van der Waals surface area (Å²) in [6, 6.07) is 4.31.